The third kappa shape index (κ3) is 2.02. The largest absolute Gasteiger partial charge is 0.479 e. The van der Waals surface area contributed by atoms with Gasteiger partial charge in [0.25, 0.3) is 0 Å². The Hall–Kier alpha value is -2.31. The molecule has 2 rings (SSSR count). The van der Waals surface area contributed by atoms with Crippen LogP contribution in [0.15, 0.2) is 18.7 Å². The van der Waals surface area contributed by atoms with Gasteiger partial charge in [0.15, 0.2) is 5.82 Å². The second kappa shape index (κ2) is 4.47. The molecule has 7 nitrogen and oxygen atoms in total. The number of ether oxygens (including phenoxy) is 1. The Bertz CT molecular complexity index is 455. The van der Waals surface area contributed by atoms with E-state index in [2.05, 4.69) is 25.5 Å². The molecule has 0 spiro atoms. The van der Waals surface area contributed by atoms with E-state index in [4.69, 9.17) is 10.5 Å². The van der Waals surface area contributed by atoms with E-state index in [1.54, 1.807) is 12.4 Å². The standard InChI is InChI=1S/C9H12N6O/c1-16-9-7(10)8(12-5-13-9)11-2-6-3-14-15-4-6/h3-5H,2,10H2,1H3,(H,14,15)(H,11,12,13). The fraction of sp³-hybridized carbons (Fsp3) is 0.222. The minimum atomic E-state index is 0.365. The molecule has 0 atom stereocenters. The molecular weight excluding hydrogens is 208 g/mol. The van der Waals surface area contributed by atoms with E-state index in [9.17, 15) is 0 Å². The summed E-state index contributed by atoms with van der Waals surface area (Å²) in [5, 5.41) is 9.64. The first-order chi connectivity index (χ1) is 7.81. The Morgan fingerprint density at radius 2 is 2.38 bits per heavy atom. The van der Waals surface area contributed by atoms with E-state index in [0.717, 1.165) is 5.56 Å². The Morgan fingerprint density at radius 3 is 3.06 bits per heavy atom. The molecule has 0 saturated heterocycles. The van der Waals surface area contributed by atoms with Gasteiger partial charge in [-0.1, -0.05) is 0 Å². The molecule has 4 N–H and O–H groups in total. The number of anilines is 2. The SMILES string of the molecule is COc1ncnc(NCc2cn[nH]c2)c1N. The van der Waals surface area contributed by atoms with Crippen molar-refractivity contribution in [3.8, 4) is 5.88 Å². The average Bonchev–Trinajstić information content (AvgIpc) is 2.81. The van der Waals surface area contributed by atoms with Crippen LogP contribution in [0.25, 0.3) is 0 Å². The van der Waals surface area contributed by atoms with Gasteiger partial charge in [-0.3, -0.25) is 5.10 Å². The van der Waals surface area contributed by atoms with Gasteiger partial charge in [-0.15, -0.1) is 0 Å². The fourth-order valence-corrected chi connectivity index (χ4v) is 1.24. The van der Waals surface area contributed by atoms with Gasteiger partial charge in [-0.2, -0.15) is 10.1 Å². The molecule has 16 heavy (non-hydrogen) atoms. The number of hydrogen-bond acceptors (Lipinski definition) is 6. The van der Waals surface area contributed by atoms with Crippen molar-refractivity contribution in [3.63, 3.8) is 0 Å². The topological polar surface area (TPSA) is 102 Å². The van der Waals surface area contributed by atoms with Gasteiger partial charge in [0, 0.05) is 18.3 Å². The summed E-state index contributed by atoms with van der Waals surface area (Å²) >= 11 is 0. The summed E-state index contributed by atoms with van der Waals surface area (Å²) in [6.45, 7) is 0.584. The highest BCUT2D eigenvalue weighted by Crippen LogP contribution is 2.24. The van der Waals surface area contributed by atoms with Gasteiger partial charge in [0.2, 0.25) is 5.88 Å². The second-order valence-corrected chi connectivity index (χ2v) is 3.11. The third-order valence-corrected chi connectivity index (χ3v) is 2.06. The van der Waals surface area contributed by atoms with Gasteiger partial charge in [0.05, 0.1) is 13.3 Å². The van der Waals surface area contributed by atoms with Gasteiger partial charge in [0.1, 0.15) is 12.0 Å². The van der Waals surface area contributed by atoms with Crippen LogP contribution in [0.1, 0.15) is 5.56 Å². The van der Waals surface area contributed by atoms with Crippen LogP contribution in [-0.2, 0) is 6.54 Å². The summed E-state index contributed by atoms with van der Waals surface area (Å²) < 4.78 is 4.99. The maximum absolute atomic E-state index is 5.80. The quantitative estimate of drug-likeness (QED) is 0.689. The maximum Gasteiger partial charge on any atom is 0.242 e. The van der Waals surface area contributed by atoms with E-state index < -0.39 is 0 Å². The van der Waals surface area contributed by atoms with Crippen molar-refractivity contribution in [2.75, 3.05) is 18.2 Å². The summed E-state index contributed by atoms with van der Waals surface area (Å²) in [6.07, 6.45) is 4.91. The van der Waals surface area contributed by atoms with E-state index in [1.165, 1.54) is 13.4 Å². The molecule has 0 bridgehead atoms. The van der Waals surface area contributed by atoms with E-state index >= 15 is 0 Å². The number of hydrogen-bond donors (Lipinski definition) is 3. The normalized spacial score (nSPS) is 10.1. The monoisotopic (exact) mass is 220 g/mol. The lowest BCUT2D eigenvalue weighted by Gasteiger charge is -2.08. The molecule has 0 aliphatic carbocycles. The Kier molecular flexibility index (Phi) is 2.86. The van der Waals surface area contributed by atoms with E-state index in [0.29, 0.717) is 23.9 Å². The smallest absolute Gasteiger partial charge is 0.242 e. The third-order valence-electron chi connectivity index (χ3n) is 2.06. The molecule has 0 amide bonds. The van der Waals surface area contributed by atoms with Gasteiger partial charge >= 0.3 is 0 Å². The van der Waals surface area contributed by atoms with Crippen molar-refractivity contribution in [3.05, 3.63) is 24.3 Å². The molecule has 0 aliphatic rings. The molecule has 0 unspecified atom stereocenters. The van der Waals surface area contributed by atoms with Crippen molar-refractivity contribution >= 4 is 11.5 Å². The first kappa shape index (κ1) is 10.2. The summed E-state index contributed by atoms with van der Waals surface area (Å²) in [6, 6.07) is 0. The average molecular weight is 220 g/mol. The highest BCUT2D eigenvalue weighted by Gasteiger charge is 2.07. The lowest BCUT2D eigenvalue weighted by Crippen LogP contribution is -2.06. The Balaban J connectivity index is 2.09. The summed E-state index contributed by atoms with van der Waals surface area (Å²) in [5.41, 5.74) is 7.21. The lowest BCUT2D eigenvalue weighted by atomic mass is 10.3. The predicted molar refractivity (Wildman–Crippen MR) is 58.9 cm³/mol. The first-order valence-corrected chi connectivity index (χ1v) is 4.67. The van der Waals surface area contributed by atoms with Crippen LogP contribution in [-0.4, -0.2) is 27.3 Å². The van der Waals surface area contributed by atoms with Crippen LogP contribution in [0.3, 0.4) is 0 Å². The van der Waals surface area contributed by atoms with Crippen LogP contribution < -0.4 is 15.8 Å². The number of aromatic nitrogens is 4. The molecule has 0 saturated carbocycles. The number of methoxy groups -OCH3 is 1. The molecule has 2 aromatic heterocycles. The van der Waals surface area contributed by atoms with E-state index in [1.807, 2.05) is 0 Å². The number of nitrogens with two attached hydrogens (primary N) is 1. The van der Waals surface area contributed by atoms with Crippen molar-refractivity contribution < 1.29 is 4.74 Å². The minimum absolute atomic E-state index is 0.365. The molecule has 7 heteroatoms. The van der Waals surface area contributed by atoms with Crippen molar-refractivity contribution in [2.24, 2.45) is 0 Å². The van der Waals surface area contributed by atoms with Crippen LogP contribution in [0.5, 0.6) is 5.88 Å². The highest BCUT2D eigenvalue weighted by atomic mass is 16.5. The van der Waals surface area contributed by atoms with Crippen molar-refractivity contribution in [1.82, 2.24) is 20.2 Å². The molecule has 0 fully saturated rings. The molecular formula is C9H12N6O. The maximum atomic E-state index is 5.80. The zero-order valence-electron chi connectivity index (χ0n) is 8.77. The molecule has 2 aromatic rings. The molecule has 84 valence electrons. The summed E-state index contributed by atoms with van der Waals surface area (Å²) in [5.74, 6) is 0.915. The number of nitrogens with zero attached hydrogens (tertiary/aromatic N) is 3. The van der Waals surface area contributed by atoms with Crippen LogP contribution >= 0.6 is 0 Å². The van der Waals surface area contributed by atoms with E-state index in [-0.39, 0.29) is 0 Å². The summed E-state index contributed by atoms with van der Waals surface area (Å²) in [4.78, 5) is 7.91. The number of H-pyrrole nitrogens is 1. The van der Waals surface area contributed by atoms with Gasteiger partial charge in [-0.05, 0) is 0 Å². The molecule has 0 radical (unpaired) electrons. The number of aromatic amines is 1. The Labute approximate surface area is 92.1 Å². The van der Waals surface area contributed by atoms with Crippen LogP contribution in [0, 0.1) is 0 Å². The zero-order valence-corrected chi connectivity index (χ0v) is 8.77. The second-order valence-electron chi connectivity index (χ2n) is 3.11. The van der Waals surface area contributed by atoms with Crippen LogP contribution in [0.4, 0.5) is 11.5 Å². The lowest BCUT2D eigenvalue weighted by molar-refractivity contribution is 0.399. The minimum Gasteiger partial charge on any atom is -0.479 e. The Morgan fingerprint density at radius 1 is 1.50 bits per heavy atom. The number of rotatable bonds is 4. The fourth-order valence-electron chi connectivity index (χ4n) is 1.24. The molecule has 2 heterocycles. The summed E-state index contributed by atoms with van der Waals surface area (Å²) in [7, 11) is 1.51. The highest BCUT2D eigenvalue weighted by molar-refractivity contribution is 5.66. The zero-order chi connectivity index (χ0) is 11.4. The first-order valence-electron chi connectivity index (χ1n) is 4.67. The van der Waals surface area contributed by atoms with Gasteiger partial charge < -0.3 is 15.8 Å². The van der Waals surface area contributed by atoms with Gasteiger partial charge in [-0.25, -0.2) is 4.98 Å². The predicted octanol–water partition coefficient (Wildman–Crippen LogP) is 0.403. The number of nitrogens with one attached hydrogen (secondary N) is 2. The molecule has 0 aliphatic heterocycles. The van der Waals surface area contributed by atoms with Crippen molar-refractivity contribution in [1.29, 1.82) is 0 Å². The number of nitrogen functional groups attached to an aromatic ring is 1. The van der Waals surface area contributed by atoms with Crippen molar-refractivity contribution in [2.45, 2.75) is 6.54 Å². The molecule has 0 aromatic carbocycles. The van der Waals surface area contributed by atoms with Crippen LogP contribution in [0.2, 0.25) is 0 Å².